The van der Waals surface area contributed by atoms with Crippen molar-refractivity contribution in [3.8, 4) is 0 Å². The van der Waals surface area contributed by atoms with Crippen LogP contribution < -0.4 is 15.5 Å². The van der Waals surface area contributed by atoms with Crippen molar-refractivity contribution in [1.82, 2.24) is 15.3 Å². The molecular weight excluding hydrogens is 306 g/mol. The molecule has 1 fully saturated rings. The van der Waals surface area contributed by atoms with E-state index in [-0.39, 0.29) is 12.1 Å². The molecule has 1 heterocycles. The number of rotatable bonds is 4. The molecule has 1 aromatic heterocycles. The van der Waals surface area contributed by atoms with E-state index >= 15 is 0 Å². The number of nitrogens with one attached hydrogen (secondary N) is 2. The van der Waals surface area contributed by atoms with E-state index in [4.69, 9.17) is 5.11 Å². The van der Waals surface area contributed by atoms with Crippen LogP contribution in [0.4, 0.5) is 16.6 Å². The average molecular weight is 329 g/mol. The summed E-state index contributed by atoms with van der Waals surface area (Å²) in [6, 6.07) is 8.30. The Morgan fingerprint density at radius 3 is 2.46 bits per heavy atom. The van der Waals surface area contributed by atoms with Gasteiger partial charge in [0.2, 0.25) is 5.95 Å². The van der Waals surface area contributed by atoms with Gasteiger partial charge in [0, 0.05) is 31.6 Å². The Hall–Kier alpha value is -2.57. The van der Waals surface area contributed by atoms with Crippen molar-refractivity contribution in [3.63, 3.8) is 0 Å². The zero-order valence-electron chi connectivity index (χ0n) is 14.0. The molecule has 1 aliphatic rings. The highest BCUT2D eigenvalue weighted by Gasteiger charge is 2.23. The summed E-state index contributed by atoms with van der Waals surface area (Å²) in [5, 5.41) is 15.8. The predicted octanol–water partition coefficient (Wildman–Crippen LogP) is 2.69. The van der Waals surface area contributed by atoms with E-state index in [9.17, 15) is 4.79 Å². The standard InChI is InChI=1S/C17H23N5O2/c1-22(2)15-13-5-3-4-6-14(13)20-16(21-15)18-11-7-9-12(10-8-11)19-17(23)24/h3-6,11-12,19H,7-10H2,1-2H3,(H,23,24)(H,18,20,21)/t11-,12+. The van der Waals surface area contributed by atoms with Crippen LogP contribution in [0.25, 0.3) is 10.9 Å². The van der Waals surface area contributed by atoms with Gasteiger partial charge in [0.1, 0.15) is 5.82 Å². The summed E-state index contributed by atoms with van der Waals surface area (Å²) in [7, 11) is 3.95. The van der Waals surface area contributed by atoms with Crippen LogP contribution in [-0.4, -0.2) is 47.3 Å². The molecule has 0 saturated heterocycles. The Kier molecular flexibility index (Phi) is 4.69. The lowest BCUT2D eigenvalue weighted by molar-refractivity contribution is 0.185. The smallest absolute Gasteiger partial charge is 0.404 e. The van der Waals surface area contributed by atoms with Crippen LogP contribution in [0.2, 0.25) is 0 Å². The minimum absolute atomic E-state index is 0.0513. The maximum absolute atomic E-state index is 10.7. The summed E-state index contributed by atoms with van der Waals surface area (Å²) in [5.41, 5.74) is 0.917. The molecule has 0 radical (unpaired) electrons. The maximum Gasteiger partial charge on any atom is 0.404 e. The third-order valence-corrected chi connectivity index (χ3v) is 4.39. The quantitative estimate of drug-likeness (QED) is 0.799. The molecule has 3 N–H and O–H groups in total. The lowest BCUT2D eigenvalue weighted by Crippen LogP contribution is -2.39. The van der Waals surface area contributed by atoms with Gasteiger partial charge < -0.3 is 20.6 Å². The largest absolute Gasteiger partial charge is 0.465 e. The number of hydrogen-bond donors (Lipinski definition) is 3. The number of anilines is 2. The Bertz CT molecular complexity index is 726. The number of fused-ring (bicyclic) bond motifs is 1. The van der Waals surface area contributed by atoms with Gasteiger partial charge >= 0.3 is 6.09 Å². The summed E-state index contributed by atoms with van der Waals surface area (Å²) in [5.74, 6) is 1.52. The van der Waals surface area contributed by atoms with Crippen LogP contribution in [0.1, 0.15) is 25.7 Å². The van der Waals surface area contributed by atoms with Gasteiger partial charge in [-0.1, -0.05) is 12.1 Å². The van der Waals surface area contributed by atoms with Gasteiger partial charge in [-0.05, 0) is 37.8 Å². The summed E-state index contributed by atoms with van der Waals surface area (Å²) in [6.07, 6.45) is 2.52. The molecule has 0 aliphatic heterocycles. The number of para-hydroxylation sites is 1. The summed E-state index contributed by atoms with van der Waals surface area (Å²) in [4.78, 5) is 22.0. The maximum atomic E-state index is 10.7. The third-order valence-electron chi connectivity index (χ3n) is 4.39. The van der Waals surface area contributed by atoms with Crippen molar-refractivity contribution in [3.05, 3.63) is 24.3 Å². The van der Waals surface area contributed by atoms with Crippen LogP contribution in [0.5, 0.6) is 0 Å². The lowest BCUT2D eigenvalue weighted by Gasteiger charge is -2.29. The highest BCUT2D eigenvalue weighted by atomic mass is 16.4. The normalized spacial score (nSPS) is 20.6. The van der Waals surface area contributed by atoms with E-state index in [0.29, 0.717) is 5.95 Å². The van der Waals surface area contributed by atoms with E-state index in [1.165, 1.54) is 0 Å². The fourth-order valence-electron chi connectivity index (χ4n) is 3.20. The van der Waals surface area contributed by atoms with Crippen molar-refractivity contribution in [1.29, 1.82) is 0 Å². The van der Waals surface area contributed by atoms with E-state index < -0.39 is 6.09 Å². The molecule has 7 heteroatoms. The van der Waals surface area contributed by atoms with Crippen LogP contribution in [0, 0.1) is 0 Å². The first-order valence-corrected chi connectivity index (χ1v) is 8.23. The molecule has 24 heavy (non-hydrogen) atoms. The Morgan fingerprint density at radius 2 is 1.79 bits per heavy atom. The molecule has 7 nitrogen and oxygen atoms in total. The second-order valence-electron chi connectivity index (χ2n) is 6.42. The van der Waals surface area contributed by atoms with Crippen molar-refractivity contribution < 1.29 is 9.90 Å². The van der Waals surface area contributed by atoms with Gasteiger partial charge in [-0.15, -0.1) is 0 Å². The SMILES string of the molecule is CN(C)c1nc(N[C@H]2CC[C@@H](NC(=O)O)CC2)nc2ccccc12. The second kappa shape index (κ2) is 6.90. The highest BCUT2D eigenvalue weighted by molar-refractivity contribution is 5.90. The number of carbonyl (C=O) groups is 1. The Labute approximate surface area is 141 Å². The van der Waals surface area contributed by atoms with Gasteiger partial charge in [0.15, 0.2) is 0 Å². The fourth-order valence-corrected chi connectivity index (χ4v) is 3.20. The number of nitrogens with zero attached hydrogens (tertiary/aromatic N) is 3. The van der Waals surface area contributed by atoms with Crippen LogP contribution in [0.15, 0.2) is 24.3 Å². The zero-order valence-corrected chi connectivity index (χ0v) is 14.0. The van der Waals surface area contributed by atoms with Gasteiger partial charge in [0.25, 0.3) is 0 Å². The number of amides is 1. The molecule has 1 aliphatic carbocycles. The third kappa shape index (κ3) is 3.67. The first-order chi connectivity index (χ1) is 11.5. The monoisotopic (exact) mass is 329 g/mol. The van der Waals surface area contributed by atoms with Crippen molar-refractivity contribution >= 4 is 28.8 Å². The van der Waals surface area contributed by atoms with Gasteiger partial charge in [-0.25, -0.2) is 9.78 Å². The van der Waals surface area contributed by atoms with Crippen molar-refractivity contribution in [2.24, 2.45) is 0 Å². The molecule has 2 aromatic rings. The summed E-state index contributed by atoms with van der Waals surface area (Å²) in [6.45, 7) is 0. The van der Waals surface area contributed by atoms with Gasteiger partial charge in [-0.3, -0.25) is 0 Å². The van der Waals surface area contributed by atoms with E-state index in [2.05, 4.69) is 20.6 Å². The Balaban J connectivity index is 1.73. The number of hydrogen-bond acceptors (Lipinski definition) is 5. The van der Waals surface area contributed by atoms with Crippen LogP contribution in [-0.2, 0) is 0 Å². The molecule has 1 aromatic carbocycles. The molecule has 0 unspecified atom stereocenters. The summed E-state index contributed by atoms with van der Waals surface area (Å²) < 4.78 is 0. The van der Waals surface area contributed by atoms with E-state index in [1.807, 2.05) is 43.3 Å². The lowest BCUT2D eigenvalue weighted by atomic mass is 9.91. The molecule has 128 valence electrons. The second-order valence-corrected chi connectivity index (χ2v) is 6.42. The fraction of sp³-hybridized carbons (Fsp3) is 0.471. The van der Waals surface area contributed by atoms with Gasteiger partial charge in [0.05, 0.1) is 5.52 Å². The van der Waals surface area contributed by atoms with E-state index in [0.717, 1.165) is 42.4 Å². The highest BCUT2D eigenvalue weighted by Crippen LogP contribution is 2.26. The van der Waals surface area contributed by atoms with Crippen molar-refractivity contribution in [2.75, 3.05) is 24.3 Å². The first kappa shape index (κ1) is 16.3. The molecule has 1 amide bonds. The predicted molar refractivity (Wildman–Crippen MR) is 94.7 cm³/mol. The minimum Gasteiger partial charge on any atom is -0.465 e. The van der Waals surface area contributed by atoms with Crippen LogP contribution in [0.3, 0.4) is 0 Å². The molecule has 0 atom stereocenters. The molecule has 3 rings (SSSR count). The number of benzene rings is 1. The zero-order chi connectivity index (χ0) is 17.1. The number of carboxylic acid groups (broad SMARTS) is 1. The van der Waals surface area contributed by atoms with Crippen LogP contribution >= 0.6 is 0 Å². The molecular formula is C17H23N5O2. The molecule has 0 spiro atoms. The van der Waals surface area contributed by atoms with Crippen molar-refractivity contribution in [2.45, 2.75) is 37.8 Å². The number of aromatic nitrogens is 2. The Morgan fingerprint density at radius 1 is 1.12 bits per heavy atom. The van der Waals surface area contributed by atoms with Gasteiger partial charge in [-0.2, -0.15) is 4.98 Å². The molecule has 1 saturated carbocycles. The topological polar surface area (TPSA) is 90.4 Å². The summed E-state index contributed by atoms with van der Waals surface area (Å²) >= 11 is 0. The van der Waals surface area contributed by atoms with E-state index in [1.54, 1.807) is 0 Å². The average Bonchev–Trinajstić information content (AvgIpc) is 2.55. The minimum atomic E-state index is -0.945. The molecule has 0 bridgehead atoms. The first-order valence-electron chi connectivity index (χ1n) is 8.23.